The van der Waals surface area contributed by atoms with Crippen LogP contribution in [0.5, 0.6) is 0 Å². The van der Waals surface area contributed by atoms with Crippen LogP contribution in [-0.2, 0) is 17.6 Å². The summed E-state index contributed by atoms with van der Waals surface area (Å²) < 4.78 is 0. The standard InChI is InChI=1S/C17H19N3O/c1-10-5-14-15(19-9-10)20(2)16(21)17(14)7-11-3-4-13(18)6-12(11)8-17/h3-4,6,9-10H,5,7-8,18H2,1-2H3. The zero-order valence-electron chi connectivity index (χ0n) is 12.4. The molecule has 1 aromatic carbocycles. The van der Waals surface area contributed by atoms with Gasteiger partial charge in [-0.1, -0.05) is 13.0 Å². The molecule has 108 valence electrons. The van der Waals surface area contributed by atoms with Gasteiger partial charge in [-0.25, -0.2) is 4.99 Å². The Kier molecular flexibility index (Phi) is 2.39. The maximum Gasteiger partial charge on any atom is 0.239 e. The molecule has 1 amide bonds. The Morgan fingerprint density at radius 1 is 1.33 bits per heavy atom. The van der Waals surface area contributed by atoms with Crippen LogP contribution < -0.4 is 5.73 Å². The molecule has 0 aromatic heterocycles. The molecule has 4 rings (SSSR count). The summed E-state index contributed by atoms with van der Waals surface area (Å²) in [5.74, 6) is 1.46. The molecule has 0 bridgehead atoms. The highest BCUT2D eigenvalue weighted by Crippen LogP contribution is 2.52. The Balaban J connectivity index is 1.84. The van der Waals surface area contributed by atoms with Gasteiger partial charge in [-0.2, -0.15) is 0 Å². The van der Waals surface area contributed by atoms with Crippen molar-refractivity contribution in [3.63, 3.8) is 0 Å². The average Bonchev–Trinajstić information content (AvgIpc) is 2.92. The van der Waals surface area contributed by atoms with Crippen LogP contribution in [0.15, 0.2) is 34.6 Å². The number of carbonyl (C=O) groups excluding carboxylic acids is 1. The van der Waals surface area contributed by atoms with E-state index in [2.05, 4.69) is 18.0 Å². The Bertz CT molecular complexity index is 719. The molecule has 2 heterocycles. The van der Waals surface area contributed by atoms with Crippen LogP contribution in [0.1, 0.15) is 24.5 Å². The van der Waals surface area contributed by atoms with Gasteiger partial charge in [-0.3, -0.25) is 9.69 Å². The highest BCUT2D eigenvalue weighted by molar-refractivity contribution is 5.93. The third-order valence-electron chi connectivity index (χ3n) is 5.07. The summed E-state index contributed by atoms with van der Waals surface area (Å²) in [5.41, 5.74) is 9.95. The number of nitrogen functional groups attached to an aromatic ring is 1. The molecule has 4 heteroatoms. The lowest BCUT2D eigenvalue weighted by atomic mass is 9.75. The van der Waals surface area contributed by atoms with Gasteiger partial charge in [-0.05, 0) is 54.0 Å². The lowest BCUT2D eigenvalue weighted by Gasteiger charge is -2.26. The van der Waals surface area contributed by atoms with Gasteiger partial charge < -0.3 is 5.73 Å². The van der Waals surface area contributed by atoms with Crippen molar-refractivity contribution in [2.45, 2.75) is 26.2 Å². The van der Waals surface area contributed by atoms with Crippen molar-refractivity contribution in [2.75, 3.05) is 12.8 Å². The fraction of sp³-hybridized carbons (Fsp3) is 0.412. The molecule has 0 saturated carbocycles. The minimum atomic E-state index is -0.410. The highest BCUT2D eigenvalue weighted by atomic mass is 16.2. The smallest absolute Gasteiger partial charge is 0.239 e. The first kappa shape index (κ1) is 12.6. The van der Waals surface area contributed by atoms with E-state index in [4.69, 9.17) is 5.73 Å². The van der Waals surface area contributed by atoms with E-state index in [1.165, 1.54) is 16.7 Å². The number of aliphatic imine (C=N–C) groups is 1. The molecule has 1 spiro atoms. The van der Waals surface area contributed by atoms with Gasteiger partial charge in [0.05, 0.1) is 5.41 Å². The van der Waals surface area contributed by atoms with E-state index < -0.39 is 5.41 Å². The number of hydrogen-bond donors (Lipinski definition) is 1. The van der Waals surface area contributed by atoms with Gasteiger partial charge in [0.2, 0.25) is 5.91 Å². The Labute approximate surface area is 124 Å². The molecule has 2 unspecified atom stereocenters. The van der Waals surface area contributed by atoms with Crippen molar-refractivity contribution in [3.05, 3.63) is 40.7 Å². The van der Waals surface area contributed by atoms with Crippen LogP contribution in [0.25, 0.3) is 0 Å². The predicted molar refractivity (Wildman–Crippen MR) is 82.8 cm³/mol. The lowest BCUT2D eigenvalue weighted by molar-refractivity contribution is -0.134. The normalized spacial score (nSPS) is 30.3. The quantitative estimate of drug-likeness (QED) is 0.741. The number of benzene rings is 1. The van der Waals surface area contributed by atoms with Crippen LogP contribution in [0, 0.1) is 11.3 Å². The van der Waals surface area contributed by atoms with E-state index in [0.29, 0.717) is 5.92 Å². The van der Waals surface area contributed by atoms with Crippen LogP contribution in [0.3, 0.4) is 0 Å². The summed E-state index contributed by atoms with van der Waals surface area (Å²) in [5, 5.41) is 0. The van der Waals surface area contributed by atoms with E-state index in [-0.39, 0.29) is 5.91 Å². The fourth-order valence-corrected chi connectivity index (χ4v) is 4.05. The van der Waals surface area contributed by atoms with Crippen LogP contribution in [-0.4, -0.2) is 24.1 Å². The highest BCUT2D eigenvalue weighted by Gasteiger charge is 2.54. The van der Waals surface area contributed by atoms with Crippen molar-refractivity contribution in [1.29, 1.82) is 0 Å². The van der Waals surface area contributed by atoms with E-state index in [9.17, 15) is 4.79 Å². The molecule has 2 N–H and O–H groups in total. The molecule has 0 radical (unpaired) electrons. The maximum atomic E-state index is 12.9. The molecule has 1 aromatic rings. The molecule has 1 aliphatic carbocycles. The molecule has 2 aliphatic heterocycles. The summed E-state index contributed by atoms with van der Waals surface area (Å²) in [6.45, 7) is 2.16. The van der Waals surface area contributed by atoms with E-state index in [1.807, 2.05) is 25.4 Å². The van der Waals surface area contributed by atoms with E-state index >= 15 is 0 Å². The number of rotatable bonds is 0. The van der Waals surface area contributed by atoms with Crippen molar-refractivity contribution in [1.82, 2.24) is 4.90 Å². The minimum absolute atomic E-state index is 0.188. The lowest BCUT2D eigenvalue weighted by Crippen LogP contribution is -2.36. The van der Waals surface area contributed by atoms with Gasteiger partial charge in [0, 0.05) is 18.9 Å². The number of nitrogens with zero attached hydrogens (tertiary/aromatic N) is 2. The Hall–Kier alpha value is -2.10. The first-order valence-corrected chi connectivity index (χ1v) is 7.44. The minimum Gasteiger partial charge on any atom is -0.399 e. The first-order valence-electron chi connectivity index (χ1n) is 7.44. The van der Waals surface area contributed by atoms with Crippen molar-refractivity contribution in [3.8, 4) is 0 Å². The van der Waals surface area contributed by atoms with Gasteiger partial charge >= 0.3 is 0 Å². The van der Waals surface area contributed by atoms with Crippen LogP contribution in [0.2, 0.25) is 0 Å². The van der Waals surface area contributed by atoms with Crippen molar-refractivity contribution < 1.29 is 4.79 Å². The number of nitrogens with two attached hydrogens (primary N) is 1. The van der Waals surface area contributed by atoms with Crippen molar-refractivity contribution >= 4 is 17.8 Å². The van der Waals surface area contributed by atoms with Gasteiger partial charge in [0.15, 0.2) is 0 Å². The number of hydrogen-bond acceptors (Lipinski definition) is 3. The molecule has 4 nitrogen and oxygen atoms in total. The van der Waals surface area contributed by atoms with Gasteiger partial charge in [0.1, 0.15) is 5.82 Å². The zero-order chi connectivity index (χ0) is 14.8. The van der Waals surface area contributed by atoms with E-state index in [1.54, 1.807) is 4.90 Å². The SMILES string of the molecule is CC1C=NC2=C(C1)C1(Cc3ccc(N)cc3C1)C(=O)N2C. The van der Waals surface area contributed by atoms with E-state index in [0.717, 1.165) is 30.8 Å². The Morgan fingerprint density at radius 2 is 2.10 bits per heavy atom. The fourth-order valence-electron chi connectivity index (χ4n) is 4.05. The largest absolute Gasteiger partial charge is 0.399 e. The number of amides is 1. The summed E-state index contributed by atoms with van der Waals surface area (Å²) in [6.07, 6.45) is 4.44. The topological polar surface area (TPSA) is 58.7 Å². The molecular formula is C17H19N3O. The second-order valence-corrected chi connectivity index (χ2v) is 6.59. The monoisotopic (exact) mass is 281 g/mol. The van der Waals surface area contributed by atoms with Gasteiger partial charge in [0.25, 0.3) is 0 Å². The number of anilines is 1. The molecule has 21 heavy (non-hydrogen) atoms. The number of fused-ring (bicyclic) bond motifs is 2. The number of carbonyl (C=O) groups is 1. The molecule has 0 fully saturated rings. The summed E-state index contributed by atoms with van der Waals surface area (Å²) >= 11 is 0. The van der Waals surface area contributed by atoms with Crippen LogP contribution in [0.4, 0.5) is 5.69 Å². The summed E-state index contributed by atoms with van der Waals surface area (Å²) in [6, 6.07) is 6.02. The third-order valence-corrected chi connectivity index (χ3v) is 5.07. The molecule has 3 aliphatic rings. The third kappa shape index (κ3) is 1.56. The molecule has 2 atom stereocenters. The molecule has 0 saturated heterocycles. The first-order chi connectivity index (χ1) is 10.0. The zero-order valence-corrected chi connectivity index (χ0v) is 12.4. The van der Waals surface area contributed by atoms with Crippen LogP contribution >= 0.6 is 0 Å². The second-order valence-electron chi connectivity index (χ2n) is 6.59. The second kappa shape index (κ2) is 3.97. The van der Waals surface area contributed by atoms with Crippen molar-refractivity contribution in [2.24, 2.45) is 16.3 Å². The Morgan fingerprint density at radius 3 is 2.90 bits per heavy atom. The maximum absolute atomic E-state index is 12.9. The summed E-state index contributed by atoms with van der Waals surface area (Å²) in [7, 11) is 1.84. The average molecular weight is 281 g/mol. The molecular weight excluding hydrogens is 262 g/mol. The predicted octanol–water partition coefficient (Wildman–Crippen LogP) is 2.15. The summed E-state index contributed by atoms with van der Waals surface area (Å²) in [4.78, 5) is 19.2. The van der Waals surface area contributed by atoms with Gasteiger partial charge in [-0.15, -0.1) is 0 Å².